The molecule has 0 aromatic carbocycles. The van der Waals surface area contributed by atoms with Gasteiger partial charge >= 0.3 is 0 Å². The first-order chi connectivity index (χ1) is 8.00. The van der Waals surface area contributed by atoms with E-state index in [1.807, 2.05) is 6.92 Å². The van der Waals surface area contributed by atoms with E-state index in [0.717, 1.165) is 17.8 Å². The number of rotatable bonds is 2. The van der Waals surface area contributed by atoms with Gasteiger partial charge in [-0.25, -0.2) is 8.42 Å². The van der Waals surface area contributed by atoms with Gasteiger partial charge in [0.15, 0.2) is 9.84 Å². The monoisotopic (exact) mass is 273 g/mol. The Kier molecular flexibility index (Phi) is 3.90. The maximum atomic E-state index is 11.9. The second-order valence-electron chi connectivity index (χ2n) is 4.80. The summed E-state index contributed by atoms with van der Waals surface area (Å²) in [6.45, 7) is 4.89. The minimum Gasteiger partial charge on any atom is -0.308 e. The van der Waals surface area contributed by atoms with E-state index in [-0.39, 0.29) is 17.7 Å². The number of hydrogen-bond donors (Lipinski definition) is 1. The molecule has 2 heterocycles. The van der Waals surface area contributed by atoms with Crippen molar-refractivity contribution >= 4 is 21.2 Å². The molecule has 5 heteroatoms. The van der Waals surface area contributed by atoms with Crippen molar-refractivity contribution in [3.63, 3.8) is 0 Å². The molecule has 0 amide bonds. The minimum absolute atomic E-state index is 0.0183. The Labute approximate surface area is 107 Å². The second-order valence-corrected chi connectivity index (χ2v) is 8.15. The lowest BCUT2D eigenvalue weighted by molar-refractivity contribution is 0.522. The average molecular weight is 273 g/mol. The summed E-state index contributed by atoms with van der Waals surface area (Å²) in [5.41, 5.74) is 0. The van der Waals surface area contributed by atoms with Gasteiger partial charge in [-0.2, -0.15) is 0 Å². The molecule has 1 saturated heterocycles. The molecular formula is C12H19NO2S2. The molecule has 17 heavy (non-hydrogen) atoms. The normalized spacial score (nSPS) is 28.8. The Morgan fingerprint density at radius 2 is 2.18 bits per heavy atom. The Hall–Kier alpha value is -0.390. The number of thiophene rings is 1. The van der Waals surface area contributed by atoms with Crippen LogP contribution in [0.1, 0.15) is 29.6 Å². The molecule has 0 saturated carbocycles. The molecule has 0 radical (unpaired) electrons. The maximum absolute atomic E-state index is 11.9. The Bertz CT molecular complexity index is 478. The summed E-state index contributed by atoms with van der Waals surface area (Å²) >= 11 is 1.72. The lowest BCUT2D eigenvalue weighted by Crippen LogP contribution is -2.25. The molecule has 1 N–H and O–H groups in total. The van der Waals surface area contributed by atoms with E-state index in [1.165, 1.54) is 4.88 Å². The van der Waals surface area contributed by atoms with Gasteiger partial charge in [-0.05, 0) is 31.0 Å². The molecule has 2 atom stereocenters. The third-order valence-electron chi connectivity index (χ3n) is 3.05. The van der Waals surface area contributed by atoms with Crippen LogP contribution in [0.4, 0.5) is 0 Å². The van der Waals surface area contributed by atoms with Gasteiger partial charge in [-0.15, -0.1) is 11.3 Å². The summed E-state index contributed by atoms with van der Waals surface area (Å²) in [5.74, 6) is 0.749. The highest BCUT2D eigenvalue weighted by Gasteiger charge is 2.27. The topological polar surface area (TPSA) is 46.2 Å². The van der Waals surface area contributed by atoms with Crippen molar-refractivity contribution in [1.82, 2.24) is 5.32 Å². The van der Waals surface area contributed by atoms with Crippen LogP contribution in [0.3, 0.4) is 0 Å². The molecule has 2 unspecified atom stereocenters. The third-order valence-corrected chi connectivity index (χ3v) is 6.31. The van der Waals surface area contributed by atoms with Crippen LogP contribution >= 0.6 is 11.3 Å². The van der Waals surface area contributed by atoms with Gasteiger partial charge in [0.25, 0.3) is 0 Å². The zero-order chi connectivity index (χ0) is 12.5. The van der Waals surface area contributed by atoms with E-state index in [2.05, 4.69) is 24.4 Å². The molecule has 2 rings (SSSR count). The summed E-state index contributed by atoms with van der Waals surface area (Å²) in [6, 6.07) is 4.14. The summed E-state index contributed by atoms with van der Waals surface area (Å²) in [6.07, 6.45) is 1.01. The van der Waals surface area contributed by atoms with Crippen LogP contribution in [0.25, 0.3) is 0 Å². The van der Waals surface area contributed by atoms with Crippen LogP contribution in [-0.4, -0.2) is 26.5 Å². The van der Waals surface area contributed by atoms with E-state index in [4.69, 9.17) is 0 Å². The fourth-order valence-electron chi connectivity index (χ4n) is 2.17. The zero-order valence-corrected chi connectivity index (χ0v) is 11.9. The van der Waals surface area contributed by atoms with Gasteiger partial charge in [-0.1, -0.05) is 13.8 Å². The number of sulfone groups is 1. The molecule has 0 bridgehead atoms. The molecule has 3 nitrogen and oxygen atoms in total. The molecule has 1 aliphatic heterocycles. The molecule has 1 aliphatic rings. The molecular weight excluding hydrogens is 254 g/mol. The van der Waals surface area contributed by atoms with Gasteiger partial charge in [-0.3, -0.25) is 0 Å². The summed E-state index contributed by atoms with van der Waals surface area (Å²) < 4.78 is 23.8. The van der Waals surface area contributed by atoms with Gasteiger partial charge in [0.1, 0.15) is 0 Å². The number of hydrogen-bond acceptors (Lipinski definition) is 4. The first kappa shape index (κ1) is 13.1. The van der Waals surface area contributed by atoms with Gasteiger partial charge < -0.3 is 5.32 Å². The van der Waals surface area contributed by atoms with Crippen LogP contribution in [0, 0.1) is 5.92 Å². The second kappa shape index (κ2) is 5.08. The fourth-order valence-corrected chi connectivity index (χ4v) is 5.23. The van der Waals surface area contributed by atoms with Crippen LogP contribution in [0.2, 0.25) is 0 Å². The lowest BCUT2D eigenvalue weighted by Gasteiger charge is -2.13. The first-order valence-corrected chi connectivity index (χ1v) is 8.66. The molecule has 1 aromatic heterocycles. The quantitative estimate of drug-likeness (QED) is 0.896. The first-order valence-electron chi connectivity index (χ1n) is 6.02. The minimum atomic E-state index is -2.92. The van der Waals surface area contributed by atoms with Crippen molar-refractivity contribution in [3.05, 3.63) is 21.9 Å². The average Bonchev–Trinajstić information content (AvgIpc) is 2.66. The predicted molar refractivity (Wildman–Crippen MR) is 72.3 cm³/mol. The Morgan fingerprint density at radius 1 is 1.41 bits per heavy atom. The highest BCUT2D eigenvalue weighted by molar-refractivity contribution is 7.91. The van der Waals surface area contributed by atoms with E-state index in [0.29, 0.717) is 5.75 Å². The predicted octanol–water partition coefficient (Wildman–Crippen LogP) is 2.01. The van der Waals surface area contributed by atoms with Crippen molar-refractivity contribution in [2.75, 3.05) is 18.1 Å². The van der Waals surface area contributed by atoms with Crippen molar-refractivity contribution in [3.8, 4) is 0 Å². The maximum Gasteiger partial charge on any atom is 0.152 e. The van der Waals surface area contributed by atoms with Crippen LogP contribution in [0.15, 0.2) is 12.1 Å². The Morgan fingerprint density at radius 3 is 2.82 bits per heavy atom. The van der Waals surface area contributed by atoms with E-state index in [1.54, 1.807) is 11.3 Å². The summed E-state index contributed by atoms with van der Waals surface area (Å²) in [5, 5.41) is 3.37. The van der Waals surface area contributed by atoms with E-state index < -0.39 is 9.84 Å². The fraction of sp³-hybridized carbons (Fsp3) is 0.667. The van der Waals surface area contributed by atoms with E-state index >= 15 is 0 Å². The van der Waals surface area contributed by atoms with Gasteiger partial charge in [0.05, 0.1) is 17.5 Å². The van der Waals surface area contributed by atoms with Gasteiger partial charge in [0.2, 0.25) is 0 Å². The van der Waals surface area contributed by atoms with Crippen molar-refractivity contribution < 1.29 is 8.42 Å². The van der Waals surface area contributed by atoms with Crippen molar-refractivity contribution in [2.24, 2.45) is 5.92 Å². The molecule has 1 aromatic rings. The molecule has 0 aliphatic carbocycles. The number of nitrogens with one attached hydrogen (secondary N) is 1. The van der Waals surface area contributed by atoms with Crippen LogP contribution < -0.4 is 5.32 Å². The SMILES string of the molecule is CCc1ccc(C2CS(=O)(=O)CC(C)CN2)s1. The van der Waals surface area contributed by atoms with Crippen LogP contribution in [-0.2, 0) is 16.3 Å². The highest BCUT2D eigenvalue weighted by Crippen LogP contribution is 2.27. The lowest BCUT2D eigenvalue weighted by atomic mass is 10.2. The number of aryl methyl sites for hydroxylation is 1. The largest absolute Gasteiger partial charge is 0.308 e. The van der Waals surface area contributed by atoms with Gasteiger partial charge in [0, 0.05) is 9.75 Å². The van der Waals surface area contributed by atoms with Crippen molar-refractivity contribution in [1.29, 1.82) is 0 Å². The summed E-state index contributed by atoms with van der Waals surface area (Å²) in [4.78, 5) is 2.47. The van der Waals surface area contributed by atoms with E-state index in [9.17, 15) is 8.42 Å². The standard InChI is InChI=1S/C12H19NO2S2/c1-3-10-4-5-12(16-10)11-8-17(14,15)7-9(2)6-13-11/h4-5,9,11,13H,3,6-8H2,1-2H3. The highest BCUT2D eigenvalue weighted by atomic mass is 32.2. The van der Waals surface area contributed by atoms with Crippen molar-refractivity contribution in [2.45, 2.75) is 26.3 Å². The smallest absolute Gasteiger partial charge is 0.152 e. The third kappa shape index (κ3) is 3.30. The zero-order valence-electron chi connectivity index (χ0n) is 10.3. The molecule has 1 fully saturated rings. The van der Waals surface area contributed by atoms with Crippen LogP contribution in [0.5, 0.6) is 0 Å². The molecule has 0 spiro atoms. The molecule has 96 valence electrons. The Balaban J connectivity index is 2.20. The summed E-state index contributed by atoms with van der Waals surface area (Å²) in [7, 11) is -2.92.